The third-order valence-corrected chi connectivity index (χ3v) is 5.27. The van der Waals surface area contributed by atoms with Crippen LogP contribution in [0.4, 0.5) is 10.6 Å². The zero-order chi connectivity index (χ0) is 15.0. The summed E-state index contributed by atoms with van der Waals surface area (Å²) in [6, 6.07) is 3.97. The second kappa shape index (κ2) is 5.42. The maximum absolute atomic E-state index is 11.9. The molecule has 1 aliphatic rings. The second-order valence-corrected chi connectivity index (χ2v) is 8.70. The summed E-state index contributed by atoms with van der Waals surface area (Å²) in [7, 11) is 0. The molecule has 1 aromatic heterocycles. The molecule has 0 fully saturated rings. The van der Waals surface area contributed by atoms with Gasteiger partial charge in [0, 0.05) is 0 Å². The number of amides is 1. The van der Waals surface area contributed by atoms with Gasteiger partial charge in [-0.1, -0.05) is 0 Å². The molecule has 2 atom stereocenters. The first kappa shape index (κ1) is 15.4. The summed E-state index contributed by atoms with van der Waals surface area (Å²) in [6.07, 6.45) is 2.27. The summed E-state index contributed by atoms with van der Waals surface area (Å²) < 4.78 is 5.14. The first-order valence-electron chi connectivity index (χ1n) is 6.66. The maximum atomic E-state index is 11.9. The van der Waals surface area contributed by atoms with Crippen LogP contribution < -0.4 is 10.6 Å². The van der Waals surface area contributed by atoms with E-state index in [0.717, 1.165) is 12.2 Å². The number of ether oxygens (including phenoxy) is 1. The van der Waals surface area contributed by atoms with Crippen molar-refractivity contribution in [3.05, 3.63) is 23.9 Å². The summed E-state index contributed by atoms with van der Waals surface area (Å²) in [5.41, 5.74) is 0.716. The number of rotatable bonds is 2. The summed E-state index contributed by atoms with van der Waals surface area (Å²) >= 11 is 1.31. The molecule has 107 valence electrons. The quantitative estimate of drug-likeness (QED) is 0.768. The third-order valence-electron chi connectivity index (χ3n) is 3.17. The van der Waals surface area contributed by atoms with Crippen molar-refractivity contribution < 1.29 is 9.53 Å². The number of hydrogen-bond acceptors (Lipinski definition) is 4. The molecular formula is C14H20N3O2Sn. The Morgan fingerprint density at radius 3 is 2.90 bits per heavy atom. The number of nitrogens with zero attached hydrogens (tertiary/aromatic N) is 1. The molecule has 1 aliphatic heterocycles. The van der Waals surface area contributed by atoms with Gasteiger partial charge in [-0.05, 0) is 0 Å². The minimum atomic E-state index is -0.480. The van der Waals surface area contributed by atoms with Gasteiger partial charge in [-0.3, -0.25) is 0 Å². The Kier molecular flexibility index (Phi) is 4.18. The molecule has 0 saturated carbocycles. The standard InChI is InChI=1S/C14H20N3O2.Sn/c1-9(16-13(18)19-14(2,3)4)11-8-10-6-5-7-15-12(10)17-11;/h5-7,9H,8H2,1-4H3,(H,15,17)(H,16,18);/t9-;/m1./s1. The van der Waals surface area contributed by atoms with Crippen molar-refractivity contribution in [2.75, 3.05) is 5.32 Å². The molecule has 2 heterocycles. The van der Waals surface area contributed by atoms with Crippen LogP contribution in [0.5, 0.6) is 0 Å². The van der Waals surface area contributed by atoms with Crippen LogP contribution in [-0.4, -0.2) is 48.8 Å². The number of aromatic nitrogens is 1. The van der Waals surface area contributed by atoms with E-state index in [1.54, 1.807) is 6.20 Å². The Morgan fingerprint density at radius 1 is 1.60 bits per heavy atom. The van der Waals surface area contributed by atoms with E-state index in [1.807, 2.05) is 33.8 Å². The zero-order valence-corrected chi connectivity index (χ0v) is 15.1. The number of alkyl carbamates (subject to hydrolysis) is 1. The van der Waals surface area contributed by atoms with Crippen molar-refractivity contribution in [3.63, 3.8) is 0 Å². The van der Waals surface area contributed by atoms with Crippen molar-refractivity contribution in [2.45, 2.75) is 49.3 Å². The van der Waals surface area contributed by atoms with Crippen molar-refractivity contribution in [1.82, 2.24) is 10.3 Å². The molecule has 0 spiro atoms. The van der Waals surface area contributed by atoms with E-state index in [2.05, 4.69) is 21.7 Å². The van der Waals surface area contributed by atoms with Crippen LogP contribution in [-0.2, 0) is 11.2 Å². The topological polar surface area (TPSA) is 63.2 Å². The predicted octanol–water partition coefficient (Wildman–Crippen LogP) is 1.83. The van der Waals surface area contributed by atoms with E-state index in [-0.39, 0.29) is 15.7 Å². The van der Waals surface area contributed by atoms with E-state index in [4.69, 9.17) is 4.74 Å². The average Bonchev–Trinajstić information content (AvgIpc) is 2.63. The van der Waals surface area contributed by atoms with Crippen LogP contribution in [0.3, 0.4) is 0 Å². The van der Waals surface area contributed by atoms with Gasteiger partial charge in [0.25, 0.3) is 0 Å². The molecule has 5 nitrogen and oxygen atoms in total. The fourth-order valence-corrected chi connectivity index (χ4v) is 3.21. The molecule has 6 heteroatoms. The van der Waals surface area contributed by atoms with E-state index in [1.165, 1.54) is 28.1 Å². The molecule has 20 heavy (non-hydrogen) atoms. The molecule has 1 aromatic rings. The fraction of sp³-hybridized carbons (Fsp3) is 0.571. The van der Waals surface area contributed by atoms with E-state index < -0.39 is 5.60 Å². The van der Waals surface area contributed by atoms with Crippen LogP contribution in [0.2, 0.25) is 0 Å². The van der Waals surface area contributed by atoms with Gasteiger partial charge in [0.05, 0.1) is 0 Å². The Balaban J connectivity index is 2.00. The summed E-state index contributed by atoms with van der Waals surface area (Å²) in [6.45, 7) is 7.58. The van der Waals surface area contributed by atoms with Gasteiger partial charge in [0.1, 0.15) is 0 Å². The molecule has 0 aromatic carbocycles. The van der Waals surface area contributed by atoms with E-state index in [0.29, 0.717) is 0 Å². The molecule has 3 radical (unpaired) electrons. The Morgan fingerprint density at radius 2 is 2.30 bits per heavy atom. The van der Waals surface area contributed by atoms with E-state index >= 15 is 0 Å². The Bertz CT molecular complexity index is 488. The Hall–Kier alpha value is -0.981. The number of nitrogens with one attached hydrogen (secondary N) is 2. The predicted molar refractivity (Wildman–Crippen MR) is 78.9 cm³/mol. The van der Waals surface area contributed by atoms with Crippen LogP contribution in [0.25, 0.3) is 0 Å². The normalized spacial score (nSPS) is 22.6. The third kappa shape index (κ3) is 3.56. The summed E-state index contributed by atoms with van der Waals surface area (Å²) in [5, 5.41) is 6.36. The molecule has 0 aliphatic carbocycles. The van der Waals surface area contributed by atoms with Crippen LogP contribution in [0.15, 0.2) is 18.3 Å². The molecular weight excluding hydrogens is 361 g/mol. The minimum absolute atomic E-state index is 0.0373. The average molecular weight is 381 g/mol. The van der Waals surface area contributed by atoms with Gasteiger partial charge in [-0.25, -0.2) is 0 Å². The number of fused-ring (bicyclic) bond motifs is 1. The van der Waals surface area contributed by atoms with Gasteiger partial charge >= 0.3 is 133 Å². The summed E-state index contributed by atoms with van der Waals surface area (Å²) in [4.78, 5) is 16.2. The number of anilines is 1. The van der Waals surface area contributed by atoms with Crippen LogP contribution in [0, 0.1) is 0 Å². The molecule has 1 amide bonds. The van der Waals surface area contributed by atoms with Crippen molar-refractivity contribution in [1.29, 1.82) is 0 Å². The summed E-state index contributed by atoms with van der Waals surface area (Å²) in [5.74, 6) is 0.919. The zero-order valence-electron chi connectivity index (χ0n) is 12.3. The number of pyridine rings is 1. The first-order chi connectivity index (χ1) is 9.20. The monoisotopic (exact) mass is 382 g/mol. The van der Waals surface area contributed by atoms with Crippen molar-refractivity contribution >= 4 is 34.4 Å². The van der Waals surface area contributed by atoms with Gasteiger partial charge < -0.3 is 0 Å². The van der Waals surface area contributed by atoms with Crippen molar-refractivity contribution in [2.24, 2.45) is 0 Å². The number of carbonyl (C=O) groups is 1. The fourth-order valence-electron chi connectivity index (χ4n) is 2.12. The molecule has 0 bridgehead atoms. The van der Waals surface area contributed by atoms with Crippen LogP contribution in [0.1, 0.15) is 33.3 Å². The van der Waals surface area contributed by atoms with Gasteiger partial charge in [-0.15, -0.1) is 0 Å². The van der Waals surface area contributed by atoms with Gasteiger partial charge in [0.2, 0.25) is 0 Å². The van der Waals surface area contributed by atoms with Crippen molar-refractivity contribution in [3.8, 4) is 0 Å². The van der Waals surface area contributed by atoms with Gasteiger partial charge in [-0.2, -0.15) is 0 Å². The first-order valence-corrected chi connectivity index (χ1v) is 8.09. The second-order valence-electron chi connectivity index (χ2n) is 6.15. The SMILES string of the molecule is C[C@@H](NC(=O)OC(C)(C)C)[C]1([Sn])Cc2cccnc2N1. The molecule has 1 unspecified atom stereocenters. The molecule has 0 saturated heterocycles. The number of carbonyl (C=O) groups excluding carboxylic acids is 1. The Labute approximate surface area is 133 Å². The molecule has 2 N–H and O–H groups in total. The van der Waals surface area contributed by atoms with Crippen LogP contribution >= 0.6 is 0 Å². The number of hydrogen-bond donors (Lipinski definition) is 2. The molecule has 2 rings (SSSR count). The van der Waals surface area contributed by atoms with E-state index in [9.17, 15) is 4.79 Å². The van der Waals surface area contributed by atoms with Gasteiger partial charge in [0.15, 0.2) is 0 Å².